The van der Waals surface area contributed by atoms with Gasteiger partial charge >= 0.3 is 0 Å². The molecule has 0 aliphatic carbocycles. The van der Waals surface area contributed by atoms with Crippen LogP contribution in [0.15, 0.2) is 78.6 Å². The molecular formula is C28H28N2O5. The molecule has 1 atom stereocenters. The fraction of sp³-hybridized carbons (Fsp3) is 0.250. The number of nitrogens with zero attached hydrogens (tertiary/aromatic N) is 2. The van der Waals surface area contributed by atoms with Crippen LogP contribution in [0.25, 0.3) is 5.76 Å². The Morgan fingerprint density at radius 2 is 1.80 bits per heavy atom. The summed E-state index contributed by atoms with van der Waals surface area (Å²) >= 11 is 0. The summed E-state index contributed by atoms with van der Waals surface area (Å²) in [5.41, 5.74) is 1.80. The van der Waals surface area contributed by atoms with Crippen LogP contribution >= 0.6 is 0 Å². The Kier molecular flexibility index (Phi) is 7.15. The molecule has 0 bridgehead atoms. The van der Waals surface area contributed by atoms with Crippen molar-refractivity contribution >= 4 is 17.4 Å². The minimum Gasteiger partial charge on any atom is -0.507 e. The summed E-state index contributed by atoms with van der Waals surface area (Å²) in [5.74, 6) is -0.138. The summed E-state index contributed by atoms with van der Waals surface area (Å²) in [7, 11) is 1.53. The van der Waals surface area contributed by atoms with Crippen LogP contribution in [0.1, 0.15) is 36.6 Å². The van der Waals surface area contributed by atoms with Gasteiger partial charge in [-0.05, 0) is 47.9 Å². The molecule has 2 heterocycles. The first-order valence-electron chi connectivity index (χ1n) is 11.4. The zero-order chi connectivity index (χ0) is 24.9. The summed E-state index contributed by atoms with van der Waals surface area (Å²) in [6.07, 6.45) is 3.29. The highest BCUT2D eigenvalue weighted by Crippen LogP contribution is 2.43. The van der Waals surface area contributed by atoms with Crippen LogP contribution in [0, 0.1) is 5.92 Å². The van der Waals surface area contributed by atoms with E-state index in [1.54, 1.807) is 54.9 Å². The second-order valence-corrected chi connectivity index (χ2v) is 8.76. The number of methoxy groups -OCH3 is 1. The first kappa shape index (κ1) is 24.0. The molecule has 2 aromatic carbocycles. The molecule has 180 valence electrons. The summed E-state index contributed by atoms with van der Waals surface area (Å²) in [4.78, 5) is 32.0. The largest absolute Gasteiger partial charge is 0.507 e. The van der Waals surface area contributed by atoms with Crippen LogP contribution in [0.4, 0.5) is 0 Å². The second kappa shape index (κ2) is 10.4. The Morgan fingerprint density at radius 1 is 1.06 bits per heavy atom. The lowest BCUT2D eigenvalue weighted by Crippen LogP contribution is -2.29. The van der Waals surface area contributed by atoms with E-state index >= 15 is 0 Å². The number of carbonyl (C=O) groups is 2. The van der Waals surface area contributed by atoms with Gasteiger partial charge in [-0.15, -0.1) is 0 Å². The standard InChI is InChI=1S/C28H28N2O5/c1-18(2)17-35-21-12-10-20(11-13-21)26(31)24-25(22-8-4-5-9-23(22)34-3)30(28(33)27(24)32)16-19-7-6-14-29-15-19/h4-15,18,25,31H,16-17H2,1-3H3/t25-/m0/s1. The van der Waals surface area contributed by atoms with E-state index in [0.717, 1.165) is 5.56 Å². The van der Waals surface area contributed by atoms with Crippen LogP contribution in [-0.2, 0) is 16.1 Å². The van der Waals surface area contributed by atoms with Crippen LogP contribution < -0.4 is 9.47 Å². The molecule has 1 aliphatic heterocycles. The van der Waals surface area contributed by atoms with Crippen molar-refractivity contribution in [3.63, 3.8) is 0 Å². The Bertz CT molecular complexity index is 1240. The average molecular weight is 473 g/mol. The summed E-state index contributed by atoms with van der Waals surface area (Å²) in [6.45, 7) is 4.84. The Labute approximate surface area is 204 Å². The Hall–Kier alpha value is -4.13. The van der Waals surface area contributed by atoms with Crippen molar-refractivity contribution in [1.29, 1.82) is 0 Å². The highest BCUT2D eigenvalue weighted by Gasteiger charge is 2.47. The maximum absolute atomic E-state index is 13.3. The highest BCUT2D eigenvalue weighted by molar-refractivity contribution is 6.46. The van der Waals surface area contributed by atoms with Crippen molar-refractivity contribution in [2.45, 2.75) is 26.4 Å². The van der Waals surface area contributed by atoms with E-state index in [9.17, 15) is 14.7 Å². The Balaban J connectivity index is 1.79. The number of amides is 1. The van der Waals surface area contributed by atoms with Gasteiger partial charge in [0.1, 0.15) is 17.3 Å². The van der Waals surface area contributed by atoms with Gasteiger partial charge in [-0.3, -0.25) is 14.6 Å². The maximum Gasteiger partial charge on any atom is 0.295 e. The zero-order valence-electron chi connectivity index (χ0n) is 20.0. The van der Waals surface area contributed by atoms with Crippen molar-refractivity contribution in [2.24, 2.45) is 5.92 Å². The summed E-state index contributed by atoms with van der Waals surface area (Å²) in [5, 5.41) is 11.3. The van der Waals surface area contributed by atoms with Gasteiger partial charge in [0.15, 0.2) is 0 Å². The monoisotopic (exact) mass is 472 g/mol. The number of Topliss-reactive ketones (excluding diaryl/α,β-unsaturated/α-hetero) is 1. The predicted octanol–water partition coefficient (Wildman–Crippen LogP) is 4.75. The van der Waals surface area contributed by atoms with Gasteiger partial charge < -0.3 is 19.5 Å². The molecule has 4 rings (SSSR count). The van der Waals surface area contributed by atoms with Crippen molar-refractivity contribution in [3.05, 3.63) is 95.3 Å². The highest BCUT2D eigenvalue weighted by atomic mass is 16.5. The molecule has 3 aromatic rings. The molecule has 35 heavy (non-hydrogen) atoms. The normalized spacial score (nSPS) is 17.1. The quantitative estimate of drug-likeness (QED) is 0.289. The lowest BCUT2D eigenvalue weighted by molar-refractivity contribution is -0.140. The van der Waals surface area contributed by atoms with E-state index in [1.807, 2.05) is 18.2 Å². The van der Waals surface area contributed by atoms with Gasteiger partial charge in [0.2, 0.25) is 0 Å². The number of aliphatic hydroxyl groups is 1. The van der Waals surface area contributed by atoms with Crippen LogP contribution in [0.5, 0.6) is 11.5 Å². The number of ether oxygens (including phenoxy) is 2. The van der Waals surface area contributed by atoms with Gasteiger partial charge in [0.25, 0.3) is 11.7 Å². The third-order valence-corrected chi connectivity index (χ3v) is 5.76. The first-order valence-corrected chi connectivity index (χ1v) is 11.4. The minimum atomic E-state index is -0.830. The van der Waals surface area contributed by atoms with Gasteiger partial charge in [0, 0.05) is 30.1 Å². The van der Waals surface area contributed by atoms with Crippen molar-refractivity contribution in [3.8, 4) is 11.5 Å². The minimum absolute atomic E-state index is 0.0132. The fourth-order valence-electron chi connectivity index (χ4n) is 4.07. The Morgan fingerprint density at radius 3 is 2.46 bits per heavy atom. The lowest BCUT2D eigenvalue weighted by atomic mass is 9.94. The smallest absolute Gasteiger partial charge is 0.295 e. The molecule has 7 nitrogen and oxygen atoms in total. The van der Waals surface area contributed by atoms with E-state index in [4.69, 9.17) is 9.47 Å². The van der Waals surface area contributed by atoms with Gasteiger partial charge in [-0.1, -0.05) is 38.1 Å². The van der Waals surface area contributed by atoms with E-state index in [-0.39, 0.29) is 17.9 Å². The van der Waals surface area contributed by atoms with Crippen LogP contribution in [0.2, 0.25) is 0 Å². The summed E-state index contributed by atoms with van der Waals surface area (Å²) in [6, 6.07) is 16.8. The van der Waals surface area contributed by atoms with Crippen molar-refractivity contribution < 1.29 is 24.2 Å². The van der Waals surface area contributed by atoms with E-state index in [1.165, 1.54) is 12.0 Å². The molecule has 1 N–H and O–H groups in total. The SMILES string of the molecule is COc1ccccc1[C@H]1C(=C(O)c2ccc(OCC(C)C)cc2)C(=O)C(=O)N1Cc1cccnc1. The number of aromatic nitrogens is 1. The second-order valence-electron chi connectivity index (χ2n) is 8.76. The molecule has 1 aromatic heterocycles. The lowest BCUT2D eigenvalue weighted by Gasteiger charge is -2.26. The number of hydrogen-bond acceptors (Lipinski definition) is 6. The number of carbonyl (C=O) groups excluding carboxylic acids is 2. The van der Waals surface area contributed by atoms with Crippen molar-refractivity contribution in [1.82, 2.24) is 9.88 Å². The molecule has 1 aliphatic rings. The van der Waals surface area contributed by atoms with Crippen LogP contribution in [0.3, 0.4) is 0 Å². The fourth-order valence-corrected chi connectivity index (χ4v) is 4.07. The zero-order valence-corrected chi connectivity index (χ0v) is 20.0. The third-order valence-electron chi connectivity index (χ3n) is 5.76. The molecule has 0 radical (unpaired) electrons. The third kappa shape index (κ3) is 5.04. The van der Waals surface area contributed by atoms with E-state index in [2.05, 4.69) is 18.8 Å². The molecule has 1 fully saturated rings. The molecule has 0 unspecified atom stereocenters. The number of rotatable bonds is 8. The van der Waals surface area contributed by atoms with Crippen LogP contribution in [-0.4, -0.2) is 40.4 Å². The number of para-hydroxylation sites is 1. The molecule has 1 saturated heterocycles. The number of ketones is 1. The molecule has 0 saturated carbocycles. The first-order chi connectivity index (χ1) is 16.9. The average Bonchev–Trinajstić information content (AvgIpc) is 3.12. The molecular weight excluding hydrogens is 444 g/mol. The molecule has 1 amide bonds. The number of likely N-dealkylation sites (tertiary alicyclic amines) is 1. The topological polar surface area (TPSA) is 89.0 Å². The number of aliphatic hydroxyl groups excluding tert-OH is 1. The number of benzene rings is 2. The number of pyridine rings is 1. The van der Waals surface area contributed by atoms with Gasteiger partial charge in [0.05, 0.1) is 25.3 Å². The van der Waals surface area contributed by atoms with E-state index < -0.39 is 17.7 Å². The molecule has 7 heteroatoms. The van der Waals surface area contributed by atoms with E-state index in [0.29, 0.717) is 35.2 Å². The number of hydrogen-bond donors (Lipinski definition) is 1. The van der Waals surface area contributed by atoms with Gasteiger partial charge in [-0.2, -0.15) is 0 Å². The maximum atomic E-state index is 13.3. The molecule has 0 spiro atoms. The van der Waals surface area contributed by atoms with Crippen molar-refractivity contribution in [2.75, 3.05) is 13.7 Å². The predicted molar refractivity (Wildman–Crippen MR) is 132 cm³/mol. The summed E-state index contributed by atoms with van der Waals surface area (Å²) < 4.78 is 11.3. The van der Waals surface area contributed by atoms with Gasteiger partial charge in [-0.25, -0.2) is 0 Å².